The number of aromatic hydroxyl groups is 1. The molecule has 0 amide bonds. The molecule has 3 aromatic rings. The Bertz CT molecular complexity index is 1000. The molecule has 2 saturated heterocycles. The van der Waals surface area contributed by atoms with Crippen molar-refractivity contribution >= 4 is 5.82 Å². The van der Waals surface area contributed by atoms with Crippen LogP contribution in [0.5, 0.6) is 5.75 Å². The van der Waals surface area contributed by atoms with Crippen LogP contribution in [-0.4, -0.2) is 50.3 Å². The predicted molar refractivity (Wildman–Crippen MR) is 112 cm³/mol. The zero-order chi connectivity index (χ0) is 20.0. The van der Waals surface area contributed by atoms with Gasteiger partial charge in [-0.2, -0.15) is 5.10 Å². The molecule has 5 rings (SSSR count). The van der Waals surface area contributed by atoms with Gasteiger partial charge in [0.25, 0.3) is 0 Å². The fourth-order valence-corrected chi connectivity index (χ4v) is 4.62. The van der Waals surface area contributed by atoms with Gasteiger partial charge in [0.2, 0.25) is 0 Å². The van der Waals surface area contributed by atoms with Gasteiger partial charge in [0.1, 0.15) is 5.75 Å². The van der Waals surface area contributed by atoms with Crippen LogP contribution in [0.2, 0.25) is 0 Å². The number of hydrogen-bond acceptors (Lipinski definition) is 6. The smallest absolute Gasteiger partial charge is 0.151 e. The summed E-state index contributed by atoms with van der Waals surface area (Å²) in [5, 5.41) is 27.4. The van der Waals surface area contributed by atoms with Gasteiger partial charge in [0.15, 0.2) is 5.82 Å². The number of benzene rings is 1. The van der Waals surface area contributed by atoms with E-state index in [0.717, 1.165) is 29.9 Å². The number of hydrogen-bond donors (Lipinski definition) is 2. The van der Waals surface area contributed by atoms with Crippen molar-refractivity contribution in [2.24, 2.45) is 0 Å². The number of nitrogens with zero attached hydrogens (tertiary/aromatic N) is 5. The summed E-state index contributed by atoms with van der Waals surface area (Å²) in [5.41, 5.74) is 3.21. The topological polar surface area (TPSA) is 79.1 Å². The normalized spacial score (nSPS) is 23.3. The number of piperidine rings is 1. The zero-order valence-corrected chi connectivity index (χ0v) is 16.8. The second kappa shape index (κ2) is 7.15. The van der Waals surface area contributed by atoms with E-state index in [0.29, 0.717) is 29.4 Å². The summed E-state index contributed by atoms with van der Waals surface area (Å²) >= 11 is 0. The highest BCUT2D eigenvalue weighted by Crippen LogP contribution is 2.32. The molecule has 2 aromatic heterocycles. The number of rotatable bonds is 4. The van der Waals surface area contributed by atoms with Crippen molar-refractivity contribution in [3.63, 3.8) is 0 Å². The van der Waals surface area contributed by atoms with Crippen molar-refractivity contribution in [3.05, 3.63) is 48.3 Å². The molecule has 0 saturated carbocycles. The molecule has 2 fully saturated rings. The molecule has 3 atom stereocenters. The molecule has 2 N–H and O–H groups in total. The number of phenols is 1. The third-order valence-electron chi connectivity index (χ3n) is 6.24. The highest BCUT2D eigenvalue weighted by molar-refractivity contribution is 5.69. The van der Waals surface area contributed by atoms with Gasteiger partial charge in [0.05, 0.1) is 17.6 Å². The van der Waals surface area contributed by atoms with Gasteiger partial charge < -0.3 is 15.3 Å². The Labute approximate surface area is 170 Å². The molecule has 2 aliphatic rings. The summed E-state index contributed by atoms with van der Waals surface area (Å²) < 4.78 is 1.74. The van der Waals surface area contributed by atoms with Crippen LogP contribution >= 0.6 is 0 Å². The van der Waals surface area contributed by atoms with E-state index in [4.69, 9.17) is 0 Å². The summed E-state index contributed by atoms with van der Waals surface area (Å²) in [4.78, 5) is 2.26. The van der Waals surface area contributed by atoms with Crippen LogP contribution in [0.1, 0.15) is 31.2 Å². The van der Waals surface area contributed by atoms with Crippen molar-refractivity contribution in [2.45, 2.75) is 50.7 Å². The van der Waals surface area contributed by atoms with E-state index in [1.807, 2.05) is 37.4 Å². The number of aromatic nitrogens is 4. The highest BCUT2D eigenvalue weighted by atomic mass is 16.3. The molecular formula is C22H26N6O. The minimum absolute atomic E-state index is 0.168. The lowest BCUT2D eigenvalue weighted by atomic mass is 9.98. The second-order valence-electron chi connectivity index (χ2n) is 8.31. The molecule has 2 aliphatic heterocycles. The minimum atomic E-state index is 0.168. The van der Waals surface area contributed by atoms with Gasteiger partial charge >= 0.3 is 0 Å². The SMILES string of the molecule is Cc1cnn(-c2ccc(-c3ccc(N(C)C4C[C@H]5CC[C@@H](C4)N5)nn3)c(O)c2)c1. The van der Waals surface area contributed by atoms with E-state index in [1.165, 1.54) is 12.8 Å². The van der Waals surface area contributed by atoms with E-state index in [-0.39, 0.29) is 5.75 Å². The zero-order valence-electron chi connectivity index (χ0n) is 16.8. The summed E-state index contributed by atoms with van der Waals surface area (Å²) in [7, 11) is 2.11. The maximum Gasteiger partial charge on any atom is 0.151 e. The molecule has 1 unspecified atom stereocenters. The van der Waals surface area contributed by atoms with Crippen LogP contribution in [0.4, 0.5) is 5.82 Å². The summed E-state index contributed by atoms with van der Waals surface area (Å²) in [6.07, 6.45) is 8.60. The van der Waals surface area contributed by atoms with E-state index in [9.17, 15) is 5.11 Å². The fraction of sp³-hybridized carbons (Fsp3) is 0.409. The largest absolute Gasteiger partial charge is 0.507 e. The Balaban J connectivity index is 1.34. The molecule has 29 heavy (non-hydrogen) atoms. The first-order valence-electron chi connectivity index (χ1n) is 10.2. The van der Waals surface area contributed by atoms with E-state index in [2.05, 4.69) is 32.6 Å². The van der Waals surface area contributed by atoms with Crippen molar-refractivity contribution in [3.8, 4) is 22.7 Å². The average Bonchev–Trinajstić information content (AvgIpc) is 3.32. The Morgan fingerprint density at radius 1 is 1.10 bits per heavy atom. The van der Waals surface area contributed by atoms with Gasteiger partial charge in [-0.15, -0.1) is 10.2 Å². The molecule has 0 spiro atoms. The third-order valence-corrected chi connectivity index (χ3v) is 6.24. The maximum absolute atomic E-state index is 10.5. The summed E-state index contributed by atoms with van der Waals surface area (Å²) in [5.74, 6) is 1.05. The number of phenolic OH excluding ortho intramolecular Hbond substituents is 1. The van der Waals surface area contributed by atoms with Crippen LogP contribution in [0.25, 0.3) is 16.9 Å². The lowest BCUT2D eigenvalue weighted by Gasteiger charge is -2.36. The molecule has 1 aromatic carbocycles. The molecule has 7 heteroatoms. The van der Waals surface area contributed by atoms with Gasteiger partial charge in [-0.1, -0.05) is 0 Å². The van der Waals surface area contributed by atoms with Crippen LogP contribution < -0.4 is 10.2 Å². The Hall–Kier alpha value is -2.93. The van der Waals surface area contributed by atoms with E-state index < -0.39 is 0 Å². The van der Waals surface area contributed by atoms with Crippen LogP contribution in [0.15, 0.2) is 42.7 Å². The Kier molecular flexibility index (Phi) is 4.47. The van der Waals surface area contributed by atoms with Crippen LogP contribution in [0.3, 0.4) is 0 Å². The van der Waals surface area contributed by atoms with Crippen LogP contribution in [0, 0.1) is 6.92 Å². The molecule has 150 valence electrons. The first-order chi connectivity index (χ1) is 14.1. The Morgan fingerprint density at radius 2 is 1.90 bits per heavy atom. The monoisotopic (exact) mass is 390 g/mol. The first kappa shape index (κ1) is 18.1. The third kappa shape index (κ3) is 3.46. The lowest BCUT2D eigenvalue weighted by molar-refractivity contribution is 0.353. The summed E-state index contributed by atoms with van der Waals surface area (Å²) in [6.45, 7) is 1.99. The van der Waals surface area contributed by atoms with E-state index in [1.54, 1.807) is 16.9 Å². The fourth-order valence-electron chi connectivity index (χ4n) is 4.62. The Morgan fingerprint density at radius 3 is 2.52 bits per heavy atom. The van der Waals surface area contributed by atoms with Gasteiger partial charge in [-0.05, 0) is 62.4 Å². The summed E-state index contributed by atoms with van der Waals surface area (Å²) in [6, 6.07) is 11.2. The number of aryl methyl sites for hydroxylation is 1. The van der Waals surface area contributed by atoms with Gasteiger partial charge in [-0.3, -0.25) is 0 Å². The predicted octanol–water partition coefficient (Wildman–Crippen LogP) is 3.06. The first-order valence-corrected chi connectivity index (χ1v) is 10.2. The molecule has 0 radical (unpaired) electrons. The van der Waals surface area contributed by atoms with Crippen LogP contribution in [-0.2, 0) is 0 Å². The van der Waals surface area contributed by atoms with Crippen molar-refractivity contribution in [1.82, 2.24) is 25.3 Å². The quantitative estimate of drug-likeness (QED) is 0.713. The van der Waals surface area contributed by atoms with Crippen molar-refractivity contribution in [2.75, 3.05) is 11.9 Å². The van der Waals surface area contributed by atoms with Crippen molar-refractivity contribution in [1.29, 1.82) is 0 Å². The highest BCUT2D eigenvalue weighted by Gasteiger charge is 2.35. The standard InChI is InChI=1S/C22H26N6O/c1-14-12-23-28(13-14)17-5-6-19(21(29)11-17)20-7-8-22(26-25-20)27(2)18-9-15-3-4-16(10-18)24-15/h5-8,11-13,15-16,18,24,29H,3-4,9-10H2,1-2H3/t15-,16+,18?. The number of fused-ring (bicyclic) bond motifs is 2. The minimum Gasteiger partial charge on any atom is -0.507 e. The average molecular weight is 390 g/mol. The maximum atomic E-state index is 10.5. The van der Waals surface area contributed by atoms with Gasteiger partial charge in [0, 0.05) is 43.0 Å². The van der Waals surface area contributed by atoms with E-state index >= 15 is 0 Å². The molecular weight excluding hydrogens is 364 g/mol. The number of anilines is 1. The molecule has 7 nitrogen and oxygen atoms in total. The molecule has 0 aliphatic carbocycles. The lowest BCUT2D eigenvalue weighted by Crippen LogP contribution is -2.47. The number of nitrogens with one attached hydrogen (secondary N) is 1. The van der Waals surface area contributed by atoms with Gasteiger partial charge in [-0.25, -0.2) is 4.68 Å². The molecule has 2 bridgehead atoms. The van der Waals surface area contributed by atoms with Crippen molar-refractivity contribution < 1.29 is 5.11 Å². The second-order valence-corrected chi connectivity index (χ2v) is 8.31. The molecule has 4 heterocycles.